The molecular weight excluding hydrogens is 367 g/mol. The number of nitrogens with two attached hydrogens (primary N) is 1. The number of hydrogen-bond donors (Lipinski definition) is 1. The lowest BCUT2D eigenvalue weighted by Gasteiger charge is -2.21. The largest absolute Gasteiger partial charge is 0.481 e. The Morgan fingerprint density at radius 3 is 2.70 bits per heavy atom. The number of aliphatic imine (C=N–C) groups is 1. The molecule has 20 heavy (non-hydrogen) atoms. The minimum absolute atomic E-state index is 0. The van der Waals surface area contributed by atoms with Crippen molar-refractivity contribution < 1.29 is 4.74 Å². The fourth-order valence-electron chi connectivity index (χ4n) is 2.23. The molecule has 2 heterocycles. The van der Waals surface area contributed by atoms with Crippen molar-refractivity contribution in [1.29, 1.82) is 0 Å². The highest BCUT2D eigenvalue weighted by Crippen LogP contribution is 2.11. The van der Waals surface area contributed by atoms with E-state index < -0.39 is 0 Å². The quantitative estimate of drug-likeness (QED) is 0.489. The van der Waals surface area contributed by atoms with Crippen LogP contribution in [-0.4, -0.2) is 36.0 Å². The van der Waals surface area contributed by atoms with Gasteiger partial charge in [0.05, 0.1) is 13.7 Å². The molecule has 5 nitrogen and oxygen atoms in total. The number of methoxy groups -OCH3 is 1. The fourth-order valence-corrected chi connectivity index (χ4v) is 2.23. The van der Waals surface area contributed by atoms with Gasteiger partial charge in [0, 0.05) is 25.4 Å². The van der Waals surface area contributed by atoms with Crippen LogP contribution in [0.3, 0.4) is 0 Å². The van der Waals surface area contributed by atoms with Gasteiger partial charge >= 0.3 is 0 Å². The molecule has 0 atom stereocenters. The van der Waals surface area contributed by atoms with Crippen LogP contribution in [0.4, 0.5) is 0 Å². The Labute approximate surface area is 137 Å². The van der Waals surface area contributed by atoms with Gasteiger partial charge in [0.1, 0.15) is 0 Å². The standard InChI is InChI=1S/C14H22N4O.HI/c1-19-13-10-12(6-7-16-13)11-17-14(15)18-8-4-2-3-5-9-18;/h6-7,10H,2-5,8-9,11H2,1H3,(H2,15,17);1H. The van der Waals surface area contributed by atoms with Crippen LogP contribution in [-0.2, 0) is 6.54 Å². The highest BCUT2D eigenvalue weighted by atomic mass is 127. The predicted octanol–water partition coefficient (Wildman–Crippen LogP) is 2.40. The summed E-state index contributed by atoms with van der Waals surface area (Å²) < 4.78 is 5.09. The van der Waals surface area contributed by atoms with Crippen LogP contribution in [0.15, 0.2) is 23.3 Å². The molecule has 112 valence electrons. The van der Waals surface area contributed by atoms with Gasteiger partial charge in [0.25, 0.3) is 0 Å². The molecule has 1 aliphatic heterocycles. The third-order valence-electron chi connectivity index (χ3n) is 3.36. The molecule has 0 aromatic carbocycles. The van der Waals surface area contributed by atoms with E-state index in [1.165, 1.54) is 25.7 Å². The maximum Gasteiger partial charge on any atom is 0.213 e. The van der Waals surface area contributed by atoms with Gasteiger partial charge in [-0.05, 0) is 24.5 Å². The van der Waals surface area contributed by atoms with Gasteiger partial charge in [-0.25, -0.2) is 9.98 Å². The van der Waals surface area contributed by atoms with Crippen LogP contribution in [0.2, 0.25) is 0 Å². The summed E-state index contributed by atoms with van der Waals surface area (Å²) in [6.07, 6.45) is 6.74. The van der Waals surface area contributed by atoms with Gasteiger partial charge in [-0.2, -0.15) is 0 Å². The Morgan fingerprint density at radius 2 is 2.05 bits per heavy atom. The average molecular weight is 390 g/mol. The number of halogens is 1. The first-order valence-electron chi connectivity index (χ1n) is 6.83. The van der Waals surface area contributed by atoms with E-state index in [-0.39, 0.29) is 24.0 Å². The van der Waals surface area contributed by atoms with Gasteiger partial charge < -0.3 is 15.4 Å². The highest BCUT2D eigenvalue weighted by Gasteiger charge is 2.10. The lowest BCUT2D eigenvalue weighted by Crippen LogP contribution is -2.38. The SMILES string of the molecule is COc1cc(CN=C(N)N2CCCCCC2)ccn1.I. The second kappa shape index (κ2) is 8.99. The normalized spacial score (nSPS) is 16.2. The Bertz CT molecular complexity index is 431. The second-order valence-electron chi connectivity index (χ2n) is 4.78. The Morgan fingerprint density at radius 1 is 1.35 bits per heavy atom. The fraction of sp³-hybridized carbons (Fsp3) is 0.571. The number of hydrogen-bond acceptors (Lipinski definition) is 3. The average Bonchev–Trinajstić information content (AvgIpc) is 2.74. The third-order valence-corrected chi connectivity index (χ3v) is 3.36. The smallest absolute Gasteiger partial charge is 0.213 e. The Balaban J connectivity index is 0.00000200. The third kappa shape index (κ3) is 5.15. The van der Waals surface area contributed by atoms with Crippen LogP contribution in [0.5, 0.6) is 5.88 Å². The number of likely N-dealkylation sites (tertiary alicyclic amines) is 1. The van der Waals surface area contributed by atoms with Crippen LogP contribution in [0.25, 0.3) is 0 Å². The zero-order valence-corrected chi connectivity index (χ0v) is 14.2. The summed E-state index contributed by atoms with van der Waals surface area (Å²) in [5.74, 6) is 1.26. The number of pyridine rings is 1. The van der Waals surface area contributed by atoms with Crippen LogP contribution >= 0.6 is 24.0 Å². The van der Waals surface area contributed by atoms with Crippen molar-refractivity contribution in [2.24, 2.45) is 10.7 Å². The molecule has 1 saturated heterocycles. The molecule has 0 aliphatic carbocycles. The van der Waals surface area contributed by atoms with Crippen LogP contribution in [0.1, 0.15) is 31.2 Å². The van der Waals surface area contributed by atoms with Gasteiger partial charge in [-0.1, -0.05) is 12.8 Å². The summed E-state index contributed by atoms with van der Waals surface area (Å²) in [6, 6.07) is 3.82. The first-order chi connectivity index (χ1) is 9.29. The van der Waals surface area contributed by atoms with Gasteiger partial charge in [-0.3, -0.25) is 0 Å². The van der Waals surface area contributed by atoms with E-state index in [9.17, 15) is 0 Å². The lowest BCUT2D eigenvalue weighted by molar-refractivity contribution is 0.397. The van der Waals surface area contributed by atoms with Crippen molar-refractivity contribution in [3.05, 3.63) is 23.9 Å². The summed E-state index contributed by atoms with van der Waals surface area (Å²) >= 11 is 0. The van der Waals surface area contributed by atoms with Crippen molar-refractivity contribution in [3.63, 3.8) is 0 Å². The van der Waals surface area contributed by atoms with E-state index in [2.05, 4.69) is 14.9 Å². The first kappa shape index (κ1) is 17.0. The number of rotatable bonds is 3. The molecule has 0 bridgehead atoms. The molecule has 2 N–H and O–H groups in total. The summed E-state index contributed by atoms with van der Waals surface area (Å²) in [6.45, 7) is 2.62. The zero-order valence-electron chi connectivity index (χ0n) is 11.9. The summed E-state index contributed by atoms with van der Waals surface area (Å²) in [7, 11) is 1.61. The molecule has 0 unspecified atom stereocenters. The number of ether oxygens (including phenoxy) is 1. The van der Waals surface area contributed by atoms with E-state index in [1.54, 1.807) is 13.3 Å². The van der Waals surface area contributed by atoms with Crippen molar-refractivity contribution >= 4 is 29.9 Å². The Kier molecular flexibility index (Phi) is 7.64. The minimum atomic E-state index is 0. The molecule has 1 aliphatic rings. The predicted molar refractivity (Wildman–Crippen MR) is 91.6 cm³/mol. The zero-order chi connectivity index (χ0) is 13.5. The number of nitrogens with zero attached hydrogens (tertiary/aromatic N) is 3. The van der Waals surface area contributed by atoms with Crippen LogP contribution in [0, 0.1) is 0 Å². The van der Waals surface area contributed by atoms with Crippen molar-refractivity contribution in [1.82, 2.24) is 9.88 Å². The highest BCUT2D eigenvalue weighted by molar-refractivity contribution is 14.0. The molecule has 2 rings (SSSR count). The molecule has 1 fully saturated rings. The molecular formula is C14H23IN4O. The summed E-state index contributed by atoms with van der Waals surface area (Å²) in [5, 5.41) is 0. The second-order valence-corrected chi connectivity index (χ2v) is 4.78. The first-order valence-corrected chi connectivity index (χ1v) is 6.83. The maximum absolute atomic E-state index is 6.07. The van der Waals surface area contributed by atoms with Crippen molar-refractivity contribution in [2.75, 3.05) is 20.2 Å². The van der Waals surface area contributed by atoms with E-state index in [4.69, 9.17) is 10.5 Å². The number of guanidine groups is 1. The topological polar surface area (TPSA) is 63.7 Å². The Hall–Kier alpha value is -1.05. The van der Waals surface area contributed by atoms with Crippen molar-refractivity contribution in [2.45, 2.75) is 32.2 Å². The number of aromatic nitrogens is 1. The van der Waals surface area contributed by atoms with E-state index >= 15 is 0 Å². The molecule has 1 aromatic heterocycles. The van der Waals surface area contributed by atoms with Gasteiger partial charge in [0.15, 0.2) is 5.96 Å². The molecule has 0 spiro atoms. The van der Waals surface area contributed by atoms with E-state index in [1.807, 2.05) is 12.1 Å². The molecule has 1 aromatic rings. The lowest BCUT2D eigenvalue weighted by atomic mass is 10.2. The molecule has 0 amide bonds. The molecule has 0 saturated carbocycles. The van der Waals surface area contributed by atoms with E-state index in [0.29, 0.717) is 18.4 Å². The maximum atomic E-state index is 6.07. The molecule has 0 radical (unpaired) electrons. The monoisotopic (exact) mass is 390 g/mol. The van der Waals surface area contributed by atoms with Gasteiger partial charge in [-0.15, -0.1) is 24.0 Å². The van der Waals surface area contributed by atoms with E-state index in [0.717, 1.165) is 18.7 Å². The van der Waals surface area contributed by atoms with Crippen molar-refractivity contribution in [3.8, 4) is 5.88 Å². The summed E-state index contributed by atoms with van der Waals surface area (Å²) in [5.41, 5.74) is 7.13. The molecule has 6 heteroatoms. The van der Waals surface area contributed by atoms with Gasteiger partial charge in [0.2, 0.25) is 5.88 Å². The summed E-state index contributed by atoms with van der Waals surface area (Å²) in [4.78, 5) is 10.7. The minimum Gasteiger partial charge on any atom is -0.481 e. The van der Waals surface area contributed by atoms with Crippen LogP contribution < -0.4 is 10.5 Å².